The van der Waals surface area contributed by atoms with Gasteiger partial charge in [0.2, 0.25) is 0 Å². The highest BCUT2D eigenvalue weighted by Gasteiger charge is 2.37. The van der Waals surface area contributed by atoms with Crippen LogP contribution in [0.2, 0.25) is 0 Å². The molecule has 10 heteroatoms. The summed E-state index contributed by atoms with van der Waals surface area (Å²) in [5.41, 5.74) is -0.670. The third-order valence-electron chi connectivity index (χ3n) is 5.39. The molecular formula is C20H19F3N6O. The molecule has 30 heavy (non-hydrogen) atoms. The van der Waals surface area contributed by atoms with Crippen LogP contribution < -0.4 is 4.90 Å². The maximum atomic E-state index is 13.7. The minimum Gasteiger partial charge on any atom is -0.393 e. The molecule has 1 saturated heterocycles. The van der Waals surface area contributed by atoms with E-state index in [9.17, 15) is 18.3 Å². The maximum Gasteiger partial charge on any atom is 0.418 e. The van der Waals surface area contributed by atoms with Crippen molar-refractivity contribution >= 4 is 16.9 Å². The van der Waals surface area contributed by atoms with E-state index in [2.05, 4.69) is 26.2 Å². The predicted octanol–water partition coefficient (Wildman–Crippen LogP) is 3.53. The van der Waals surface area contributed by atoms with Crippen LogP contribution in [0.3, 0.4) is 0 Å². The number of aliphatic hydroxyl groups is 1. The first-order valence-electron chi connectivity index (χ1n) is 9.56. The number of aliphatic hydroxyl groups excluding tert-OH is 1. The topological polar surface area (TPSA) is 102 Å². The van der Waals surface area contributed by atoms with Crippen LogP contribution >= 0.6 is 0 Å². The summed E-state index contributed by atoms with van der Waals surface area (Å²) in [6.45, 7) is 0.883. The van der Waals surface area contributed by atoms with E-state index < -0.39 is 17.8 Å². The molecule has 3 aromatic heterocycles. The number of alkyl halides is 3. The number of halogens is 3. The zero-order valence-corrected chi connectivity index (χ0v) is 15.9. The van der Waals surface area contributed by atoms with E-state index in [1.54, 1.807) is 12.1 Å². The number of fused-ring (bicyclic) bond motifs is 1. The lowest BCUT2D eigenvalue weighted by Gasteiger charge is -2.37. The van der Waals surface area contributed by atoms with Gasteiger partial charge in [0.05, 0.1) is 17.7 Å². The fourth-order valence-corrected chi connectivity index (χ4v) is 3.83. The summed E-state index contributed by atoms with van der Waals surface area (Å²) in [6.07, 6.45) is -2.31. The predicted molar refractivity (Wildman–Crippen MR) is 103 cm³/mol. The number of H-pyrrole nitrogens is 1. The van der Waals surface area contributed by atoms with Crippen molar-refractivity contribution < 1.29 is 18.3 Å². The van der Waals surface area contributed by atoms with Crippen LogP contribution in [0, 0.1) is 17.2 Å². The highest BCUT2D eigenvalue weighted by Crippen LogP contribution is 2.39. The molecule has 4 rings (SSSR count). The summed E-state index contributed by atoms with van der Waals surface area (Å²) in [6, 6.07) is 7.71. The number of nitrogens with one attached hydrogen (secondary N) is 1. The highest BCUT2D eigenvalue weighted by molar-refractivity contribution is 5.90. The lowest BCUT2D eigenvalue weighted by atomic mass is 9.90. The molecule has 3 aromatic rings. The summed E-state index contributed by atoms with van der Waals surface area (Å²) in [7, 11) is 0. The third kappa shape index (κ3) is 3.80. The van der Waals surface area contributed by atoms with Crippen LogP contribution in [0.1, 0.15) is 24.8 Å². The number of rotatable bonds is 4. The van der Waals surface area contributed by atoms with Gasteiger partial charge in [-0.05, 0) is 37.1 Å². The van der Waals surface area contributed by atoms with Gasteiger partial charge in [0.25, 0.3) is 0 Å². The van der Waals surface area contributed by atoms with Gasteiger partial charge in [-0.15, -0.1) is 0 Å². The van der Waals surface area contributed by atoms with Crippen LogP contribution in [0.15, 0.2) is 30.5 Å². The quantitative estimate of drug-likeness (QED) is 0.675. The Bertz CT molecular complexity index is 1090. The van der Waals surface area contributed by atoms with Crippen LogP contribution in [-0.4, -0.2) is 44.5 Å². The van der Waals surface area contributed by atoms with Gasteiger partial charge < -0.3 is 10.0 Å². The molecule has 2 N–H and O–H groups in total. The molecule has 2 unspecified atom stereocenters. The number of anilines is 1. The smallest absolute Gasteiger partial charge is 0.393 e. The number of piperidine rings is 1. The van der Waals surface area contributed by atoms with Crippen molar-refractivity contribution in [1.82, 2.24) is 20.2 Å². The minimum absolute atomic E-state index is 0.0883. The van der Waals surface area contributed by atoms with Gasteiger partial charge >= 0.3 is 6.18 Å². The van der Waals surface area contributed by atoms with Crippen LogP contribution in [0.25, 0.3) is 22.4 Å². The van der Waals surface area contributed by atoms with Crippen LogP contribution in [0.5, 0.6) is 0 Å². The molecule has 0 amide bonds. The van der Waals surface area contributed by atoms with Crippen molar-refractivity contribution in [3.63, 3.8) is 0 Å². The van der Waals surface area contributed by atoms with E-state index in [0.29, 0.717) is 49.2 Å². The number of hydrogen-bond donors (Lipinski definition) is 2. The molecule has 7 nitrogen and oxygen atoms in total. The Hall–Kier alpha value is -3.19. The molecular weight excluding hydrogens is 397 g/mol. The molecule has 2 atom stereocenters. The fraction of sp³-hybridized carbons (Fsp3) is 0.400. The Morgan fingerprint density at radius 2 is 2.10 bits per heavy atom. The van der Waals surface area contributed by atoms with Gasteiger partial charge in [-0.2, -0.15) is 23.5 Å². The van der Waals surface area contributed by atoms with Crippen molar-refractivity contribution in [2.45, 2.75) is 31.5 Å². The third-order valence-corrected chi connectivity index (χ3v) is 5.39. The second-order valence-corrected chi connectivity index (χ2v) is 7.29. The Labute approximate surface area is 170 Å². The van der Waals surface area contributed by atoms with E-state index in [4.69, 9.17) is 5.26 Å². The van der Waals surface area contributed by atoms with Gasteiger partial charge in [-0.3, -0.25) is 5.10 Å². The lowest BCUT2D eigenvalue weighted by Crippen LogP contribution is -2.43. The average molecular weight is 416 g/mol. The summed E-state index contributed by atoms with van der Waals surface area (Å²) in [4.78, 5) is 10.3. The van der Waals surface area contributed by atoms with Crippen LogP contribution in [-0.2, 0) is 6.18 Å². The first-order valence-corrected chi connectivity index (χ1v) is 9.56. The SMILES string of the molecule is N#CCCC1CN(c2ccc(C(F)(F)F)c(-c3n[nH]c4ncccc34)n2)CCC1O. The van der Waals surface area contributed by atoms with E-state index in [1.807, 2.05) is 4.90 Å². The maximum absolute atomic E-state index is 13.7. The zero-order valence-electron chi connectivity index (χ0n) is 15.9. The Morgan fingerprint density at radius 3 is 2.87 bits per heavy atom. The monoisotopic (exact) mass is 416 g/mol. The largest absolute Gasteiger partial charge is 0.418 e. The Kier molecular flexibility index (Phi) is 5.30. The summed E-state index contributed by atoms with van der Waals surface area (Å²) < 4.78 is 41.1. The number of nitrogens with zero attached hydrogens (tertiary/aromatic N) is 5. The number of hydrogen-bond acceptors (Lipinski definition) is 6. The molecule has 0 bridgehead atoms. The number of pyridine rings is 2. The van der Waals surface area contributed by atoms with Crippen molar-refractivity contribution in [3.8, 4) is 17.5 Å². The van der Waals surface area contributed by atoms with Gasteiger partial charge in [0, 0.05) is 37.0 Å². The van der Waals surface area contributed by atoms with Crippen molar-refractivity contribution in [1.29, 1.82) is 5.26 Å². The number of nitriles is 1. The minimum atomic E-state index is -4.60. The number of aromatic nitrogens is 4. The first kappa shape index (κ1) is 20.1. The van der Waals surface area contributed by atoms with Crippen molar-refractivity contribution in [2.24, 2.45) is 5.92 Å². The molecule has 0 spiro atoms. The fourth-order valence-electron chi connectivity index (χ4n) is 3.83. The zero-order chi connectivity index (χ0) is 21.3. The van der Waals surface area contributed by atoms with Gasteiger partial charge in [-0.1, -0.05) is 0 Å². The van der Waals surface area contributed by atoms with Crippen LogP contribution in [0.4, 0.5) is 19.0 Å². The highest BCUT2D eigenvalue weighted by atomic mass is 19.4. The second-order valence-electron chi connectivity index (χ2n) is 7.29. The molecule has 1 aliphatic heterocycles. The lowest BCUT2D eigenvalue weighted by molar-refractivity contribution is -0.137. The number of aromatic amines is 1. The van der Waals surface area contributed by atoms with E-state index >= 15 is 0 Å². The average Bonchev–Trinajstić information content (AvgIpc) is 3.16. The molecule has 0 aromatic carbocycles. The summed E-state index contributed by atoms with van der Waals surface area (Å²) in [5, 5.41) is 26.2. The van der Waals surface area contributed by atoms with Crippen molar-refractivity contribution in [2.75, 3.05) is 18.0 Å². The normalized spacial score (nSPS) is 19.8. The first-order chi connectivity index (χ1) is 14.4. The Morgan fingerprint density at radius 1 is 1.27 bits per heavy atom. The van der Waals surface area contributed by atoms with Gasteiger partial charge in [0.15, 0.2) is 5.65 Å². The standard InChI is InChI=1S/C20H19F3N6O/c21-20(22,23)14-5-6-16(29-10-7-15(30)12(11-29)3-1-8-24)26-18(14)17-13-4-2-9-25-19(13)28-27-17/h2,4-6,9,12,15,30H,1,3,7,10-11H2,(H,25,27,28). The van der Waals surface area contributed by atoms with Gasteiger partial charge in [0.1, 0.15) is 17.2 Å². The van der Waals surface area contributed by atoms with E-state index in [-0.39, 0.29) is 17.3 Å². The van der Waals surface area contributed by atoms with Gasteiger partial charge in [-0.25, -0.2) is 9.97 Å². The second kappa shape index (κ2) is 7.91. The molecule has 1 aliphatic rings. The summed E-state index contributed by atoms with van der Waals surface area (Å²) >= 11 is 0. The van der Waals surface area contributed by atoms with E-state index in [0.717, 1.165) is 6.07 Å². The molecule has 156 valence electrons. The molecule has 0 saturated carbocycles. The van der Waals surface area contributed by atoms with E-state index in [1.165, 1.54) is 12.3 Å². The molecule has 0 radical (unpaired) electrons. The Balaban J connectivity index is 1.75. The summed E-state index contributed by atoms with van der Waals surface area (Å²) in [5.74, 6) is 0.244. The van der Waals surface area contributed by atoms with Crippen molar-refractivity contribution in [3.05, 3.63) is 36.0 Å². The molecule has 1 fully saturated rings. The molecule has 4 heterocycles. The molecule has 0 aliphatic carbocycles.